The molecule has 0 saturated carbocycles. The molecule has 0 bridgehead atoms. The van der Waals surface area contributed by atoms with Crippen LogP contribution in [-0.4, -0.2) is 51.2 Å². The van der Waals surface area contributed by atoms with E-state index in [4.69, 9.17) is 9.84 Å². The number of hydrogen-bond acceptors (Lipinski definition) is 6. The van der Waals surface area contributed by atoms with Crippen LogP contribution in [0.3, 0.4) is 0 Å². The van der Waals surface area contributed by atoms with Gasteiger partial charge < -0.3 is 20.5 Å². The van der Waals surface area contributed by atoms with E-state index in [1.807, 2.05) is 24.3 Å². The predicted octanol–water partition coefficient (Wildman–Crippen LogP) is 2.54. The number of carbonyl (C=O) groups is 3. The van der Waals surface area contributed by atoms with Crippen molar-refractivity contribution in [3.8, 4) is 11.1 Å². The van der Waals surface area contributed by atoms with Gasteiger partial charge in [-0.2, -0.15) is 0 Å². The van der Waals surface area contributed by atoms with E-state index in [0.717, 1.165) is 22.3 Å². The second kappa shape index (κ2) is 9.96. The largest absolute Gasteiger partial charge is 0.481 e. The molecule has 0 aliphatic heterocycles. The molecule has 0 radical (unpaired) electrons. The number of alkyl carbamates (subject to hydrolysis) is 1. The molecule has 3 aromatic rings. The first-order valence-electron chi connectivity index (χ1n) is 11.2. The molecule has 0 unspecified atom stereocenters. The topological polar surface area (TPSA) is 135 Å². The molecular weight excluding hydrogens is 450 g/mol. The summed E-state index contributed by atoms with van der Waals surface area (Å²) < 4.78 is 6.82. The molecule has 1 aliphatic carbocycles. The lowest BCUT2D eigenvalue weighted by atomic mass is 9.94. The maximum Gasteiger partial charge on any atom is 0.407 e. The van der Waals surface area contributed by atoms with Gasteiger partial charge in [0.15, 0.2) is 0 Å². The van der Waals surface area contributed by atoms with E-state index in [9.17, 15) is 14.4 Å². The molecule has 2 aromatic carbocycles. The van der Waals surface area contributed by atoms with Gasteiger partial charge >= 0.3 is 12.1 Å². The number of rotatable bonds is 9. The maximum atomic E-state index is 12.3. The van der Waals surface area contributed by atoms with Crippen molar-refractivity contribution in [1.29, 1.82) is 0 Å². The van der Waals surface area contributed by atoms with Crippen LogP contribution in [0.5, 0.6) is 0 Å². The molecule has 3 N–H and O–H groups in total. The van der Waals surface area contributed by atoms with Crippen LogP contribution in [0.2, 0.25) is 0 Å². The number of hydrogen-bond donors (Lipinski definition) is 3. The lowest BCUT2D eigenvalue weighted by Gasteiger charge is -2.19. The average Bonchev–Trinajstić information content (AvgIpc) is 3.42. The molecule has 1 aliphatic rings. The normalized spacial score (nSPS) is 12.5. The highest BCUT2D eigenvalue weighted by atomic mass is 16.5. The third-order valence-electron chi connectivity index (χ3n) is 5.96. The summed E-state index contributed by atoms with van der Waals surface area (Å²) in [4.78, 5) is 35.5. The van der Waals surface area contributed by atoms with Crippen LogP contribution in [0.1, 0.15) is 36.6 Å². The number of nitrogens with zero attached hydrogens (tertiary/aromatic N) is 3. The fraction of sp³-hybridized carbons (Fsp3) is 0.320. The molecular formula is C25H27N5O5. The number of ether oxygens (including phenoxy) is 1. The smallest absolute Gasteiger partial charge is 0.407 e. The van der Waals surface area contributed by atoms with Gasteiger partial charge in [-0.1, -0.05) is 53.7 Å². The Labute approximate surface area is 202 Å². The molecule has 1 heterocycles. The van der Waals surface area contributed by atoms with Gasteiger partial charge in [-0.05, 0) is 36.1 Å². The van der Waals surface area contributed by atoms with Crippen LogP contribution in [-0.2, 0) is 27.4 Å². The lowest BCUT2D eigenvalue weighted by Crippen LogP contribution is -2.40. The number of benzene rings is 2. The zero-order valence-electron chi connectivity index (χ0n) is 19.5. The van der Waals surface area contributed by atoms with Crippen molar-refractivity contribution in [2.24, 2.45) is 5.41 Å². The third-order valence-corrected chi connectivity index (χ3v) is 5.96. The SMILES string of the molecule is CC(C)(CNC(=O)Cn1cc(CNC(=O)OCC2c3ccccc3-c3ccccc32)nn1)C(=O)O. The Balaban J connectivity index is 1.25. The average molecular weight is 478 g/mol. The van der Waals surface area contributed by atoms with Gasteiger partial charge in [0, 0.05) is 12.5 Å². The number of carboxylic acids is 1. The van der Waals surface area contributed by atoms with Crippen molar-refractivity contribution in [2.75, 3.05) is 13.2 Å². The van der Waals surface area contributed by atoms with Crippen LogP contribution in [0.15, 0.2) is 54.7 Å². The second-order valence-electron chi connectivity index (χ2n) is 9.05. The molecule has 0 spiro atoms. The highest BCUT2D eigenvalue weighted by Crippen LogP contribution is 2.44. The Kier molecular flexibility index (Phi) is 6.81. The Morgan fingerprint density at radius 2 is 1.66 bits per heavy atom. The van der Waals surface area contributed by atoms with E-state index in [1.165, 1.54) is 24.7 Å². The number of aromatic nitrogens is 3. The van der Waals surface area contributed by atoms with Crippen LogP contribution in [0, 0.1) is 5.41 Å². The van der Waals surface area contributed by atoms with Gasteiger partial charge in [0.1, 0.15) is 18.8 Å². The predicted molar refractivity (Wildman–Crippen MR) is 126 cm³/mol. The van der Waals surface area contributed by atoms with Gasteiger partial charge in [0.05, 0.1) is 18.2 Å². The summed E-state index contributed by atoms with van der Waals surface area (Å²) >= 11 is 0. The van der Waals surface area contributed by atoms with Crippen LogP contribution in [0.25, 0.3) is 11.1 Å². The molecule has 10 heteroatoms. The maximum absolute atomic E-state index is 12.3. The molecule has 4 rings (SSSR count). The number of nitrogens with one attached hydrogen (secondary N) is 2. The minimum absolute atomic E-state index is 0.00788. The highest BCUT2D eigenvalue weighted by molar-refractivity contribution is 5.79. The molecule has 2 amide bonds. The molecule has 1 aromatic heterocycles. The zero-order valence-corrected chi connectivity index (χ0v) is 19.5. The molecule has 35 heavy (non-hydrogen) atoms. The number of carboxylic acid groups (broad SMARTS) is 1. The number of carbonyl (C=O) groups excluding carboxylic acids is 2. The van der Waals surface area contributed by atoms with Crippen molar-refractivity contribution < 1.29 is 24.2 Å². The molecule has 10 nitrogen and oxygen atoms in total. The second-order valence-corrected chi connectivity index (χ2v) is 9.05. The summed E-state index contributed by atoms with van der Waals surface area (Å²) in [5.41, 5.74) is 3.96. The van der Waals surface area contributed by atoms with E-state index in [-0.39, 0.29) is 38.1 Å². The standard InChI is InChI=1S/C25H27N5O5/c1-25(2,23(32)33)15-27-22(31)13-30-12-16(28-29-30)11-26-24(34)35-14-21-19-9-5-3-7-17(19)18-8-4-6-10-20(18)21/h3-10,12,21H,11,13-15H2,1-2H3,(H,26,34)(H,27,31)(H,32,33). The number of amides is 2. The lowest BCUT2D eigenvalue weighted by molar-refractivity contribution is -0.146. The molecule has 0 atom stereocenters. The Morgan fingerprint density at radius 1 is 1.03 bits per heavy atom. The Morgan fingerprint density at radius 3 is 2.29 bits per heavy atom. The third kappa shape index (κ3) is 5.48. The first kappa shape index (κ1) is 23.9. The van der Waals surface area contributed by atoms with E-state index < -0.39 is 17.5 Å². The summed E-state index contributed by atoms with van der Waals surface area (Å²) in [6.07, 6.45) is 0.959. The fourth-order valence-corrected chi connectivity index (χ4v) is 3.91. The number of aliphatic carboxylic acids is 1. The van der Waals surface area contributed by atoms with Crippen molar-refractivity contribution in [2.45, 2.75) is 32.9 Å². The summed E-state index contributed by atoms with van der Waals surface area (Å²) in [6.45, 7) is 3.22. The fourth-order valence-electron chi connectivity index (χ4n) is 3.91. The molecule has 182 valence electrons. The van der Waals surface area contributed by atoms with Gasteiger partial charge in [-0.3, -0.25) is 9.59 Å². The summed E-state index contributed by atoms with van der Waals surface area (Å²) in [6, 6.07) is 16.2. The first-order valence-corrected chi connectivity index (χ1v) is 11.2. The van der Waals surface area contributed by atoms with Crippen molar-refractivity contribution in [3.63, 3.8) is 0 Å². The quantitative estimate of drug-likeness (QED) is 0.431. The van der Waals surface area contributed by atoms with Gasteiger partial charge in [0.25, 0.3) is 0 Å². The van der Waals surface area contributed by atoms with Crippen LogP contribution < -0.4 is 10.6 Å². The van der Waals surface area contributed by atoms with E-state index in [1.54, 1.807) is 0 Å². The summed E-state index contributed by atoms with van der Waals surface area (Å²) in [5.74, 6) is -1.42. The van der Waals surface area contributed by atoms with Crippen molar-refractivity contribution in [3.05, 3.63) is 71.5 Å². The van der Waals surface area contributed by atoms with Crippen LogP contribution >= 0.6 is 0 Å². The minimum atomic E-state index is -1.07. The molecule has 0 saturated heterocycles. The summed E-state index contributed by atoms with van der Waals surface area (Å²) in [7, 11) is 0. The first-order chi connectivity index (χ1) is 16.7. The number of fused-ring (bicyclic) bond motifs is 3. The van der Waals surface area contributed by atoms with Gasteiger partial charge in [0.2, 0.25) is 5.91 Å². The van der Waals surface area contributed by atoms with Crippen molar-refractivity contribution in [1.82, 2.24) is 25.6 Å². The van der Waals surface area contributed by atoms with Crippen molar-refractivity contribution >= 4 is 18.0 Å². The van der Waals surface area contributed by atoms with Gasteiger partial charge in [-0.15, -0.1) is 5.10 Å². The highest BCUT2D eigenvalue weighted by Gasteiger charge is 2.29. The molecule has 0 fully saturated rings. The van der Waals surface area contributed by atoms with Gasteiger partial charge in [-0.25, -0.2) is 9.48 Å². The Bertz CT molecular complexity index is 1210. The zero-order chi connectivity index (χ0) is 25.0. The summed E-state index contributed by atoms with van der Waals surface area (Å²) in [5, 5.41) is 22.2. The van der Waals surface area contributed by atoms with E-state index >= 15 is 0 Å². The van der Waals surface area contributed by atoms with E-state index in [0.29, 0.717) is 5.69 Å². The minimum Gasteiger partial charge on any atom is -0.481 e. The van der Waals surface area contributed by atoms with Crippen LogP contribution in [0.4, 0.5) is 4.79 Å². The Hall–Kier alpha value is -4.21. The van der Waals surface area contributed by atoms with E-state index in [2.05, 4.69) is 45.2 Å². The monoisotopic (exact) mass is 477 g/mol.